The molecule has 0 aromatic carbocycles. The number of imidazole rings is 1. The first-order valence-corrected chi connectivity index (χ1v) is 7.57. The van der Waals surface area contributed by atoms with Crippen molar-refractivity contribution in [2.24, 2.45) is 0 Å². The molecule has 6 nitrogen and oxygen atoms in total. The molecule has 0 bridgehead atoms. The van der Waals surface area contributed by atoms with Gasteiger partial charge in [-0.25, -0.2) is 23.9 Å². The van der Waals surface area contributed by atoms with E-state index in [2.05, 4.69) is 36.0 Å². The SMILES string of the molecule is COc1cc2ncc(-c3nc(Br)ncc3F)n2nc1C1CC1. The van der Waals surface area contributed by atoms with Crippen LogP contribution in [0.4, 0.5) is 4.39 Å². The van der Waals surface area contributed by atoms with E-state index in [-0.39, 0.29) is 5.69 Å². The van der Waals surface area contributed by atoms with Gasteiger partial charge in [-0.15, -0.1) is 0 Å². The summed E-state index contributed by atoms with van der Waals surface area (Å²) < 4.78 is 21.3. The van der Waals surface area contributed by atoms with Crippen LogP contribution in [-0.2, 0) is 0 Å². The molecule has 1 fully saturated rings. The second kappa shape index (κ2) is 4.98. The summed E-state index contributed by atoms with van der Waals surface area (Å²) in [5.74, 6) is 0.601. The third kappa shape index (κ3) is 2.14. The first kappa shape index (κ1) is 13.6. The van der Waals surface area contributed by atoms with Crippen molar-refractivity contribution in [3.63, 3.8) is 0 Å². The average molecular weight is 364 g/mol. The number of ether oxygens (including phenoxy) is 1. The molecule has 0 amide bonds. The van der Waals surface area contributed by atoms with Crippen LogP contribution >= 0.6 is 15.9 Å². The average Bonchev–Trinajstić information content (AvgIpc) is 3.29. The van der Waals surface area contributed by atoms with Gasteiger partial charge in [-0.05, 0) is 28.8 Å². The fourth-order valence-electron chi connectivity index (χ4n) is 2.40. The normalized spacial score (nSPS) is 14.5. The molecule has 0 N–H and O–H groups in total. The van der Waals surface area contributed by atoms with Crippen LogP contribution in [0.2, 0.25) is 0 Å². The number of nitrogens with zero attached hydrogens (tertiary/aromatic N) is 5. The maximum absolute atomic E-state index is 14.0. The third-order valence-corrected chi connectivity index (χ3v) is 4.01. The number of halogens is 2. The number of rotatable bonds is 3. The van der Waals surface area contributed by atoms with E-state index < -0.39 is 5.82 Å². The maximum atomic E-state index is 14.0. The molecule has 1 saturated carbocycles. The standard InChI is InChI=1S/C14H11BrFN5O/c1-22-10-4-11-17-6-9(13-8(16)5-18-14(15)19-13)21(11)20-12(10)7-2-3-7/h4-7H,2-3H2,1H3. The first-order valence-electron chi connectivity index (χ1n) is 6.78. The van der Waals surface area contributed by atoms with Crippen molar-refractivity contribution < 1.29 is 9.13 Å². The summed E-state index contributed by atoms with van der Waals surface area (Å²) in [6, 6.07) is 1.82. The molecule has 0 spiro atoms. The Morgan fingerprint density at radius 3 is 2.86 bits per heavy atom. The van der Waals surface area contributed by atoms with Crippen LogP contribution in [-0.4, -0.2) is 31.7 Å². The molecule has 3 aromatic heterocycles. The Hall–Kier alpha value is -2.09. The zero-order valence-corrected chi connectivity index (χ0v) is 13.2. The summed E-state index contributed by atoms with van der Waals surface area (Å²) >= 11 is 3.16. The Kier molecular flexibility index (Phi) is 3.07. The van der Waals surface area contributed by atoms with E-state index in [0.717, 1.165) is 30.5 Å². The van der Waals surface area contributed by atoms with Gasteiger partial charge in [0.15, 0.2) is 16.2 Å². The molecule has 3 aromatic rings. The van der Waals surface area contributed by atoms with Crippen molar-refractivity contribution in [2.75, 3.05) is 7.11 Å². The molecule has 22 heavy (non-hydrogen) atoms. The minimum atomic E-state index is -0.518. The fraction of sp³-hybridized carbons (Fsp3) is 0.286. The fourth-order valence-corrected chi connectivity index (χ4v) is 2.68. The van der Waals surface area contributed by atoms with Gasteiger partial charge in [0.2, 0.25) is 0 Å². The van der Waals surface area contributed by atoms with Gasteiger partial charge in [-0.2, -0.15) is 5.10 Å². The minimum absolute atomic E-state index is 0.161. The molecule has 0 aliphatic heterocycles. The lowest BCUT2D eigenvalue weighted by Crippen LogP contribution is -2.03. The number of hydrogen-bond donors (Lipinski definition) is 0. The largest absolute Gasteiger partial charge is 0.495 e. The lowest BCUT2D eigenvalue weighted by atomic mass is 10.2. The highest BCUT2D eigenvalue weighted by Crippen LogP contribution is 2.43. The smallest absolute Gasteiger partial charge is 0.197 e. The van der Waals surface area contributed by atoms with Gasteiger partial charge in [0.1, 0.15) is 22.8 Å². The monoisotopic (exact) mass is 363 g/mol. The van der Waals surface area contributed by atoms with E-state index in [0.29, 0.717) is 22.0 Å². The molecule has 3 heterocycles. The van der Waals surface area contributed by atoms with Crippen molar-refractivity contribution in [1.29, 1.82) is 0 Å². The lowest BCUT2D eigenvalue weighted by Gasteiger charge is -2.08. The van der Waals surface area contributed by atoms with Gasteiger partial charge in [-0.3, -0.25) is 0 Å². The number of hydrogen-bond acceptors (Lipinski definition) is 5. The molecular formula is C14H11BrFN5O. The summed E-state index contributed by atoms with van der Waals surface area (Å²) in [6.45, 7) is 0. The second-order valence-electron chi connectivity index (χ2n) is 5.12. The van der Waals surface area contributed by atoms with Gasteiger partial charge in [0.05, 0.1) is 19.5 Å². The summed E-state index contributed by atoms with van der Waals surface area (Å²) in [4.78, 5) is 12.1. The zero-order valence-electron chi connectivity index (χ0n) is 11.6. The zero-order chi connectivity index (χ0) is 15.3. The Morgan fingerprint density at radius 2 is 2.14 bits per heavy atom. The van der Waals surface area contributed by atoms with E-state index in [9.17, 15) is 4.39 Å². The van der Waals surface area contributed by atoms with Crippen LogP contribution < -0.4 is 4.74 Å². The van der Waals surface area contributed by atoms with Gasteiger partial charge in [0, 0.05) is 12.0 Å². The maximum Gasteiger partial charge on any atom is 0.197 e. The van der Waals surface area contributed by atoms with Crippen LogP contribution in [0, 0.1) is 5.82 Å². The van der Waals surface area contributed by atoms with Crippen molar-refractivity contribution in [1.82, 2.24) is 24.6 Å². The van der Waals surface area contributed by atoms with Crippen molar-refractivity contribution >= 4 is 21.6 Å². The molecule has 8 heteroatoms. The molecule has 1 aliphatic rings. The molecule has 0 saturated heterocycles. The quantitative estimate of drug-likeness (QED) is 0.669. The second-order valence-corrected chi connectivity index (χ2v) is 5.83. The van der Waals surface area contributed by atoms with Gasteiger partial charge < -0.3 is 4.74 Å². The predicted molar refractivity (Wildman–Crippen MR) is 80.2 cm³/mol. The van der Waals surface area contributed by atoms with Gasteiger partial charge in [0.25, 0.3) is 0 Å². The van der Waals surface area contributed by atoms with Crippen molar-refractivity contribution in [3.8, 4) is 17.1 Å². The summed E-state index contributed by atoms with van der Waals surface area (Å²) in [6.07, 6.45) is 4.85. The van der Waals surface area contributed by atoms with Gasteiger partial charge in [-0.1, -0.05) is 0 Å². The Bertz CT molecular complexity index is 877. The topological polar surface area (TPSA) is 65.2 Å². The highest BCUT2D eigenvalue weighted by molar-refractivity contribution is 9.10. The summed E-state index contributed by atoms with van der Waals surface area (Å²) in [5.41, 5.74) is 2.11. The molecule has 0 radical (unpaired) electrons. The van der Waals surface area contributed by atoms with Crippen LogP contribution in [0.15, 0.2) is 23.2 Å². The highest BCUT2D eigenvalue weighted by atomic mass is 79.9. The first-order chi connectivity index (χ1) is 10.7. The van der Waals surface area contributed by atoms with Gasteiger partial charge >= 0.3 is 0 Å². The van der Waals surface area contributed by atoms with E-state index in [1.165, 1.54) is 0 Å². The Morgan fingerprint density at radius 1 is 1.32 bits per heavy atom. The summed E-state index contributed by atoms with van der Waals surface area (Å²) in [5, 5.41) is 4.60. The van der Waals surface area contributed by atoms with Crippen LogP contribution in [0.5, 0.6) is 5.75 Å². The van der Waals surface area contributed by atoms with Crippen LogP contribution in [0.1, 0.15) is 24.5 Å². The Balaban J connectivity index is 1.95. The lowest BCUT2D eigenvalue weighted by molar-refractivity contribution is 0.405. The molecule has 1 aliphatic carbocycles. The number of fused-ring (bicyclic) bond motifs is 1. The van der Waals surface area contributed by atoms with E-state index in [1.54, 1.807) is 17.8 Å². The molecule has 0 unspecified atom stereocenters. The molecule has 4 rings (SSSR count). The number of methoxy groups -OCH3 is 1. The van der Waals surface area contributed by atoms with Crippen LogP contribution in [0.25, 0.3) is 17.0 Å². The minimum Gasteiger partial charge on any atom is -0.495 e. The molecular weight excluding hydrogens is 353 g/mol. The number of aromatic nitrogens is 5. The van der Waals surface area contributed by atoms with Crippen LogP contribution in [0.3, 0.4) is 0 Å². The van der Waals surface area contributed by atoms with E-state index in [1.807, 2.05) is 6.07 Å². The van der Waals surface area contributed by atoms with E-state index >= 15 is 0 Å². The molecule has 0 atom stereocenters. The predicted octanol–water partition coefficient (Wildman–Crippen LogP) is 2.97. The van der Waals surface area contributed by atoms with Crippen molar-refractivity contribution in [2.45, 2.75) is 18.8 Å². The Labute approximate surface area is 133 Å². The highest BCUT2D eigenvalue weighted by Gasteiger charge is 2.30. The molecule has 112 valence electrons. The van der Waals surface area contributed by atoms with E-state index in [4.69, 9.17) is 4.74 Å². The third-order valence-electron chi connectivity index (χ3n) is 3.63. The van der Waals surface area contributed by atoms with Crippen molar-refractivity contribution in [3.05, 3.63) is 34.7 Å². The summed E-state index contributed by atoms with van der Waals surface area (Å²) in [7, 11) is 1.62.